The summed E-state index contributed by atoms with van der Waals surface area (Å²) in [6.07, 6.45) is 0.00734. The number of likely N-dealkylation sites (N-methyl/N-ethyl adjacent to an activating group) is 1. The maximum Gasteiger partial charge on any atom is 0.226 e. The number of methoxy groups -OCH3 is 1. The Kier molecular flexibility index (Phi) is 5.85. The molecule has 0 aromatic heterocycles. The smallest absolute Gasteiger partial charge is 0.226 e. The fourth-order valence-electron chi connectivity index (χ4n) is 1.68. The highest BCUT2D eigenvalue weighted by atomic mass is 19.2. The zero-order chi connectivity index (χ0) is 14.4. The second kappa shape index (κ2) is 7.16. The number of benzene rings is 1. The fourth-order valence-corrected chi connectivity index (χ4v) is 1.68. The highest BCUT2D eigenvalue weighted by Gasteiger charge is 2.14. The van der Waals surface area contributed by atoms with Crippen LogP contribution in [-0.4, -0.2) is 44.2 Å². The van der Waals surface area contributed by atoms with Gasteiger partial charge in [0.2, 0.25) is 5.91 Å². The largest absolute Gasteiger partial charge is 0.383 e. The molecule has 1 amide bonds. The molecule has 0 fully saturated rings. The molecule has 0 saturated carbocycles. The minimum absolute atomic E-state index is 0.00734. The van der Waals surface area contributed by atoms with Gasteiger partial charge in [-0.1, -0.05) is 6.07 Å². The van der Waals surface area contributed by atoms with Gasteiger partial charge in [-0.3, -0.25) is 4.79 Å². The van der Waals surface area contributed by atoms with Crippen LogP contribution in [0.5, 0.6) is 0 Å². The molecular weight excluding hydrogens is 254 g/mol. The first-order valence-corrected chi connectivity index (χ1v) is 5.86. The summed E-state index contributed by atoms with van der Waals surface area (Å²) in [5, 5.41) is 0. The molecule has 0 saturated heterocycles. The summed E-state index contributed by atoms with van der Waals surface area (Å²) in [4.78, 5) is 13.3. The van der Waals surface area contributed by atoms with Gasteiger partial charge < -0.3 is 15.4 Å². The zero-order valence-electron chi connectivity index (χ0n) is 11.0. The molecule has 1 unspecified atom stereocenters. The fraction of sp³-hybridized carbons (Fsp3) is 0.462. The summed E-state index contributed by atoms with van der Waals surface area (Å²) >= 11 is 0. The Bertz CT molecular complexity index is 441. The molecule has 0 aliphatic carbocycles. The second-order valence-electron chi connectivity index (χ2n) is 4.41. The average molecular weight is 272 g/mol. The van der Waals surface area contributed by atoms with E-state index in [4.69, 9.17) is 10.5 Å². The van der Waals surface area contributed by atoms with Crippen molar-refractivity contribution < 1.29 is 18.3 Å². The second-order valence-corrected chi connectivity index (χ2v) is 4.41. The Balaban J connectivity index is 2.56. The van der Waals surface area contributed by atoms with E-state index in [1.807, 2.05) is 0 Å². The lowest BCUT2D eigenvalue weighted by Crippen LogP contribution is -2.41. The molecule has 106 valence electrons. The number of hydrogen-bond donors (Lipinski definition) is 1. The maximum absolute atomic E-state index is 13.0. The normalized spacial score (nSPS) is 12.3. The van der Waals surface area contributed by atoms with Crippen LogP contribution >= 0.6 is 0 Å². The molecule has 0 spiro atoms. The molecule has 0 aliphatic heterocycles. The molecule has 0 heterocycles. The first-order chi connectivity index (χ1) is 8.93. The number of carbonyl (C=O) groups excluding carboxylic acids is 1. The van der Waals surface area contributed by atoms with Gasteiger partial charge in [0.15, 0.2) is 11.6 Å². The van der Waals surface area contributed by atoms with E-state index in [0.29, 0.717) is 18.7 Å². The predicted molar refractivity (Wildman–Crippen MR) is 67.6 cm³/mol. The summed E-state index contributed by atoms with van der Waals surface area (Å²) in [6.45, 7) is 0.694. The lowest BCUT2D eigenvalue weighted by Gasteiger charge is -2.21. The van der Waals surface area contributed by atoms with Crippen molar-refractivity contribution in [2.75, 3.05) is 27.3 Å². The lowest BCUT2D eigenvalue weighted by molar-refractivity contribution is -0.129. The van der Waals surface area contributed by atoms with Crippen molar-refractivity contribution in [3.05, 3.63) is 35.4 Å². The molecule has 2 N–H and O–H groups in total. The molecule has 19 heavy (non-hydrogen) atoms. The van der Waals surface area contributed by atoms with Crippen molar-refractivity contribution in [3.63, 3.8) is 0 Å². The van der Waals surface area contributed by atoms with Crippen molar-refractivity contribution in [1.82, 2.24) is 4.90 Å². The van der Waals surface area contributed by atoms with Crippen molar-refractivity contribution in [3.8, 4) is 0 Å². The molecule has 1 atom stereocenters. The van der Waals surface area contributed by atoms with E-state index in [-0.39, 0.29) is 18.4 Å². The third kappa shape index (κ3) is 4.92. The zero-order valence-corrected chi connectivity index (χ0v) is 11.0. The number of hydrogen-bond acceptors (Lipinski definition) is 3. The number of nitrogens with two attached hydrogens (primary N) is 1. The number of rotatable bonds is 6. The number of amides is 1. The van der Waals surface area contributed by atoms with E-state index in [1.54, 1.807) is 7.05 Å². The molecule has 4 nitrogen and oxygen atoms in total. The topological polar surface area (TPSA) is 55.6 Å². The van der Waals surface area contributed by atoms with Crippen LogP contribution < -0.4 is 5.73 Å². The first kappa shape index (κ1) is 15.5. The van der Waals surface area contributed by atoms with Gasteiger partial charge in [0, 0.05) is 26.7 Å². The van der Waals surface area contributed by atoms with Gasteiger partial charge in [-0.05, 0) is 17.7 Å². The Labute approximate surface area is 111 Å². The first-order valence-electron chi connectivity index (χ1n) is 5.86. The lowest BCUT2D eigenvalue weighted by atomic mass is 10.1. The van der Waals surface area contributed by atoms with E-state index < -0.39 is 11.6 Å². The van der Waals surface area contributed by atoms with E-state index in [1.165, 1.54) is 18.1 Å². The summed E-state index contributed by atoms with van der Waals surface area (Å²) in [6, 6.07) is 3.15. The van der Waals surface area contributed by atoms with Crippen LogP contribution in [0.3, 0.4) is 0 Å². The van der Waals surface area contributed by atoms with E-state index in [0.717, 1.165) is 12.1 Å². The molecule has 1 aromatic carbocycles. The van der Waals surface area contributed by atoms with Crippen LogP contribution in [0.25, 0.3) is 0 Å². The average Bonchev–Trinajstić information content (AvgIpc) is 2.34. The standard InChI is InChI=1S/C13H18F2N2O2/c1-17(7-10(16)8-19-2)13(18)6-9-3-4-11(14)12(15)5-9/h3-5,10H,6-8,16H2,1-2H3. The molecule has 1 rings (SSSR count). The number of halogens is 2. The minimum atomic E-state index is -0.955. The van der Waals surface area contributed by atoms with Gasteiger partial charge >= 0.3 is 0 Å². The Morgan fingerprint density at radius 1 is 1.42 bits per heavy atom. The Morgan fingerprint density at radius 2 is 2.11 bits per heavy atom. The van der Waals surface area contributed by atoms with E-state index >= 15 is 0 Å². The van der Waals surface area contributed by atoms with E-state index in [2.05, 4.69) is 0 Å². The summed E-state index contributed by atoms with van der Waals surface area (Å²) in [7, 11) is 3.14. The van der Waals surface area contributed by atoms with Crippen LogP contribution in [0.2, 0.25) is 0 Å². The third-order valence-electron chi connectivity index (χ3n) is 2.65. The molecule has 6 heteroatoms. The van der Waals surface area contributed by atoms with Gasteiger partial charge in [-0.25, -0.2) is 8.78 Å². The quantitative estimate of drug-likeness (QED) is 0.838. The molecule has 0 aliphatic rings. The van der Waals surface area contributed by atoms with E-state index in [9.17, 15) is 13.6 Å². The highest BCUT2D eigenvalue weighted by Crippen LogP contribution is 2.10. The van der Waals surface area contributed by atoms with Crippen LogP contribution in [-0.2, 0) is 16.0 Å². The third-order valence-corrected chi connectivity index (χ3v) is 2.65. The summed E-state index contributed by atoms with van der Waals surface area (Å²) in [5.74, 6) is -2.09. The monoisotopic (exact) mass is 272 g/mol. The molecular formula is C13H18F2N2O2. The number of ether oxygens (including phenoxy) is 1. The SMILES string of the molecule is COCC(N)CN(C)C(=O)Cc1ccc(F)c(F)c1. The Morgan fingerprint density at radius 3 is 2.68 bits per heavy atom. The van der Waals surface area contributed by atoms with Crippen LogP contribution in [0, 0.1) is 11.6 Å². The van der Waals surface area contributed by atoms with Crippen LogP contribution in [0.1, 0.15) is 5.56 Å². The van der Waals surface area contributed by atoms with Crippen molar-refractivity contribution in [1.29, 1.82) is 0 Å². The molecule has 0 radical (unpaired) electrons. The summed E-state index contributed by atoms with van der Waals surface area (Å²) in [5.41, 5.74) is 6.16. The van der Waals surface area contributed by atoms with Crippen molar-refractivity contribution in [2.24, 2.45) is 5.73 Å². The number of nitrogens with zero attached hydrogens (tertiary/aromatic N) is 1. The van der Waals surface area contributed by atoms with Gasteiger partial charge in [0.05, 0.1) is 13.0 Å². The van der Waals surface area contributed by atoms with Gasteiger partial charge in [0.1, 0.15) is 0 Å². The van der Waals surface area contributed by atoms with Crippen molar-refractivity contribution in [2.45, 2.75) is 12.5 Å². The van der Waals surface area contributed by atoms with Crippen molar-refractivity contribution >= 4 is 5.91 Å². The van der Waals surface area contributed by atoms with Gasteiger partial charge in [-0.15, -0.1) is 0 Å². The van der Waals surface area contributed by atoms with Gasteiger partial charge in [-0.2, -0.15) is 0 Å². The van der Waals surface area contributed by atoms with Gasteiger partial charge in [0.25, 0.3) is 0 Å². The maximum atomic E-state index is 13.0. The van der Waals surface area contributed by atoms with Crippen LogP contribution in [0.15, 0.2) is 18.2 Å². The highest BCUT2D eigenvalue weighted by molar-refractivity contribution is 5.78. The predicted octanol–water partition coefficient (Wildman–Crippen LogP) is 0.939. The van der Waals surface area contributed by atoms with Crippen LogP contribution in [0.4, 0.5) is 8.78 Å². The molecule has 1 aromatic rings. The molecule has 0 bridgehead atoms. The number of carbonyl (C=O) groups is 1. The summed E-state index contributed by atoms with van der Waals surface area (Å²) < 4.78 is 30.6. The minimum Gasteiger partial charge on any atom is -0.383 e. The Hall–Kier alpha value is -1.53.